The topological polar surface area (TPSA) is 38.3 Å². The Kier molecular flexibility index (Phi) is 7.30. The third-order valence-electron chi connectivity index (χ3n) is 1.64. The van der Waals surface area contributed by atoms with Crippen LogP contribution in [0.2, 0.25) is 0 Å². The molecule has 0 amide bonds. The first kappa shape index (κ1) is 12.2. The van der Waals surface area contributed by atoms with Crippen molar-refractivity contribution in [3.8, 4) is 0 Å². The van der Waals surface area contributed by atoms with Gasteiger partial charge in [-0.1, -0.05) is 26.8 Å². The minimum Gasteiger partial charge on any atom is -0.367 e. The van der Waals surface area contributed by atoms with Crippen LogP contribution in [0.5, 0.6) is 0 Å². The third-order valence-corrected chi connectivity index (χ3v) is 1.64. The maximum Gasteiger partial charge on any atom is 0.352 e. The molecule has 0 atom stereocenters. The second-order valence-corrected chi connectivity index (χ2v) is 2.99. The Morgan fingerprint density at radius 1 is 1.38 bits per heavy atom. The van der Waals surface area contributed by atoms with Crippen LogP contribution in [0.1, 0.15) is 39.5 Å². The summed E-state index contributed by atoms with van der Waals surface area (Å²) in [5, 5.41) is 0. The van der Waals surface area contributed by atoms with Gasteiger partial charge in [0.15, 0.2) is 0 Å². The molecule has 0 aromatic heterocycles. The largest absolute Gasteiger partial charge is 0.367 e. The van der Waals surface area contributed by atoms with Gasteiger partial charge in [-0.05, 0) is 19.3 Å². The van der Waals surface area contributed by atoms with Crippen molar-refractivity contribution in [3.05, 3.63) is 12.2 Å². The molecule has 0 heterocycles. The smallest absolute Gasteiger partial charge is 0.352 e. The zero-order chi connectivity index (χ0) is 10.1. The summed E-state index contributed by atoms with van der Waals surface area (Å²) in [5.41, 5.74) is 3.13. The van der Waals surface area contributed by atoms with Crippen LogP contribution in [0.4, 0.5) is 0 Å². The summed E-state index contributed by atoms with van der Waals surface area (Å²) in [6.07, 6.45) is 3.72. The van der Waals surface area contributed by atoms with Gasteiger partial charge in [-0.25, -0.2) is 4.79 Å². The fourth-order valence-corrected chi connectivity index (χ4v) is 0.783. The number of hydrogen-bond acceptors (Lipinski definition) is 3. The zero-order valence-electron chi connectivity index (χ0n) is 8.56. The highest BCUT2D eigenvalue weighted by atomic mass is 16.7. The van der Waals surface area contributed by atoms with Crippen LogP contribution in [-0.2, 0) is 9.63 Å². The highest BCUT2D eigenvalue weighted by Gasteiger charge is 2.06. The Morgan fingerprint density at radius 3 is 2.62 bits per heavy atom. The van der Waals surface area contributed by atoms with Gasteiger partial charge in [0, 0.05) is 12.1 Å². The van der Waals surface area contributed by atoms with E-state index in [1.165, 1.54) is 0 Å². The summed E-state index contributed by atoms with van der Waals surface area (Å²) >= 11 is 0. The van der Waals surface area contributed by atoms with Crippen molar-refractivity contribution in [1.82, 2.24) is 5.48 Å². The first-order valence-electron chi connectivity index (χ1n) is 4.84. The van der Waals surface area contributed by atoms with Gasteiger partial charge in [-0.3, -0.25) is 0 Å². The lowest BCUT2D eigenvalue weighted by Crippen LogP contribution is -2.21. The summed E-state index contributed by atoms with van der Waals surface area (Å²) in [6, 6.07) is 0. The third kappa shape index (κ3) is 6.34. The predicted octanol–water partition coefficient (Wildman–Crippen LogP) is 2.19. The molecular weight excluding hydrogens is 166 g/mol. The van der Waals surface area contributed by atoms with Crippen molar-refractivity contribution in [3.63, 3.8) is 0 Å². The quantitative estimate of drug-likeness (QED) is 0.375. The lowest BCUT2D eigenvalue weighted by Gasteiger charge is -2.05. The molecule has 0 saturated carbocycles. The summed E-state index contributed by atoms with van der Waals surface area (Å²) < 4.78 is 0. The number of nitrogens with one attached hydrogen (secondary N) is 1. The molecule has 0 bridgehead atoms. The fourth-order valence-electron chi connectivity index (χ4n) is 0.783. The lowest BCUT2D eigenvalue weighted by molar-refractivity contribution is -0.146. The molecule has 0 unspecified atom stereocenters. The Balaban J connectivity index is 3.51. The monoisotopic (exact) mass is 185 g/mol. The second kappa shape index (κ2) is 7.80. The molecule has 3 nitrogen and oxygen atoms in total. The highest BCUT2D eigenvalue weighted by Crippen LogP contribution is 2.05. The molecule has 13 heavy (non-hydrogen) atoms. The van der Waals surface area contributed by atoms with Crippen LogP contribution in [-0.4, -0.2) is 12.5 Å². The molecule has 0 aliphatic carbocycles. The summed E-state index contributed by atoms with van der Waals surface area (Å²) in [4.78, 5) is 15.9. The number of rotatable bonds is 7. The summed E-state index contributed by atoms with van der Waals surface area (Å²) in [5.74, 6) is -0.332. The van der Waals surface area contributed by atoms with Gasteiger partial charge < -0.3 is 4.84 Å². The highest BCUT2D eigenvalue weighted by molar-refractivity contribution is 5.87. The average molecular weight is 185 g/mol. The summed E-state index contributed by atoms with van der Waals surface area (Å²) in [6.45, 7) is 8.43. The van der Waals surface area contributed by atoms with Gasteiger partial charge in [-0.2, -0.15) is 5.48 Å². The zero-order valence-corrected chi connectivity index (χ0v) is 8.56. The van der Waals surface area contributed by atoms with E-state index in [4.69, 9.17) is 4.84 Å². The van der Waals surface area contributed by atoms with Gasteiger partial charge >= 0.3 is 5.97 Å². The van der Waals surface area contributed by atoms with Crippen molar-refractivity contribution < 1.29 is 9.63 Å². The number of hydroxylamine groups is 1. The molecule has 0 radical (unpaired) electrons. The fraction of sp³-hybridized carbons (Fsp3) is 0.700. The Morgan fingerprint density at radius 2 is 2.08 bits per heavy atom. The van der Waals surface area contributed by atoms with Gasteiger partial charge in [0.05, 0.1) is 0 Å². The van der Waals surface area contributed by atoms with Crippen molar-refractivity contribution in [2.24, 2.45) is 0 Å². The van der Waals surface area contributed by atoms with Crippen LogP contribution in [0, 0.1) is 0 Å². The molecule has 76 valence electrons. The van der Waals surface area contributed by atoms with E-state index in [-0.39, 0.29) is 5.97 Å². The Bertz CT molecular complexity index is 166. The maximum atomic E-state index is 11.1. The minimum atomic E-state index is -0.332. The second-order valence-electron chi connectivity index (χ2n) is 2.99. The van der Waals surface area contributed by atoms with E-state index in [2.05, 4.69) is 19.0 Å². The molecule has 0 aliphatic heterocycles. The summed E-state index contributed by atoms with van der Waals surface area (Å²) in [7, 11) is 0. The van der Waals surface area contributed by atoms with Gasteiger partial charge in [0.1, 0.15) is 0 Å². The molecule has 0 aromatic rings. The van der Waals surface area contributed by atoms with Crippen LogP contribution in [0.3, 0.4) is 0 Å². The van der Waals surface area contributed by atoms with Crippen molar-refractivity contribution in [2.45, 2.75) is 39.5 Å². The molecule has 0 spiro atoms. The first-order chi connectivity index (χ1) is 6.22. The van der Waals surface area contributed by atoms with Crippen LogP contribution in [0.25, 0.3) is 0 Å². The Labute approximate surface area is 80.1 Å². The molecule has 1 N–H and O–H groups in total. The standard InChI is InChI=1S/C10H19NO2/c1-4-6-7-9(3)10(12)13-11-8-5-2/h11H,3-8H2,1-2H3. The molecular formula is C10H19NO2. The van der Waals surface area contributed by atoms with Crippen molar-refractivity contribution in [2.75, 3.05) is 6.54 Å². The van der Waals surface area contributed by atoms with Crippen LogP contribution in [0.15, 0.2) is 12.2 Å². The number of carbonyl (C=O) groups is 1. The van der Waals surface area contributed by atoms with E-state index in [1.807, 2.05) is 6.92 Å². The number of hydrogen-bond donors (Lipinski definition) is 1. The predicted molar refractivity (Wildman–Crippen MR) is 53.1 cm³/mol. The van der Waals surface area contributed by atoms with E-state index >= 15 is 0 Å². The van der Waals surface area contributed by atoms with E-state index in [0.717, 1.165) is 25.7 Å². The van der Waals surface area contributed by atoms with E-state index < -0.39 is 0 Å². The van der Waals surface area contributed by atoms with Gasteiger partial charge in [-0.15, -0.1) is 0 Å². The number of unbranched alkanes of at least 4 members (excludes halogenated alkanes) is 1. The molecule has 3 heteroatoms. The molecule has 0 saturated heterocycles. The molecule has 0 aliphatic rings. The maximum absolute atomic E-state index is 11.1. The van der Waals surface area contributed by atoms with Crippen molar-refractivity contribution in [1.29, 1.82) is 0 Å². The van der Waals surface area contributed by atoms with Crippen LogP contribution >= 0.6 is 0 Å². The van der Waals surface area contributed by atoms with E-state index in [1.54, 1.807) is 0 Å². The molecule has 0 fully saturated rings. The van der Waals surface area contributed by atoms with Gasteiger partial charge in [0.25, 0.3) is 0 Å². The first-order valence-corrected chi connectivity index (χ1v) is 4.84. The normalized spacial score (nSPS) is 9.69. The average Bonchev–Trinajstić information content (AvgIpc) is 2.14. The van der Waals surface area contributed by atoms with Crippen molar-refractivity contribution >= 4 is 5.97 Å². The van der Waals surface area contributed by atoms with Crippen LogP contribution < -0.4 is 5.48 Å². The number of carbonyl (C=O) groups excluding carboxylic acids is 1. The van der Waals surface area contributed by atoms with Gasteiger partial charge in [0.2, 0.25) is 0 Å². The SMILES string of the molecule is C=C(CCCC)C(=O)ONCCC. The lowest BCUT2D eigenvalue weighted by atomic mass is 10.1. The van der Waals surface area contributed by atoms with E-state index in [0.29, 0.717) is 12.1 Å². The minimum absolute atomic E-state index is 0.332. The Hall–Kier alpha value is -0.830. The molecule has 0 rings (SSSR count). The molecule has 0 aromatic carbocycles. The van der Waals surface area contributed by atoms with E-state index in [9.17, 15) is 4.79 Å².